The molecule has 0 bridgehead atoms. The normalized spacial score (nSPS) is 25.1. The monoisotopic (exact) mass is 354 g/mol. The van der Waals surface area contributed by atoms with E-state index in [4.69, 9.17) is 5.73 Å². The van der Waals surface area contributed by atoms with E-state index in [1.54, 1.807) is 6.20 Å². The van der Waals surface area contributed by atoms with Gasteiger partial charge in [-0.2, -0.15) is 0 Å². The number of aromatic amines is 1. The first-order valence-electron chi connectivity index (χ1n) is 8.45. The molecule has 8 heteroatoms. The lowest BCUT2D eigenvalue weighted by atomic mass is 10.0. The molecule has 0 aliphatic carbocycles. The van der Waals surface area contributed by atoms with Gasteiger partial charge in [0.1, 0.15) is 5.49 Å². The lowest BCUT2D eigenvalue weighted by molar-refractivity contribution is -0.117. The van der Waals surface area contributed by atoms with Crippen molar-refractivity contribution in [2.75, 3.05) is 0 Å². The second-order valence-electron chi connectivity index (χ2n) is 6.50. The number of nitrogens with two attached hydrogens (primary N) is 1. The minimum atomic E-state index is -0.403. The average Bonchev–Trinajstić information content (AvgIpc) is 3.24. The van der Waals surface area contributed by atoms with Gasteiger partial charge >= 0.3 is 0 Å². The Hall–Kier alpha value is -3.25. The number of carbonyl (C=O) groups is 2. The molecule has 0 radical (unpaired) electrons. The van der Waals surface area contributed by atoms with Crippen LogP contribution in [0.2, 0.25) is 0 Å². The molecule has 0 fully saturated rings. The molecule has 6 N–H and O–H groups in total. The maximum absolute atomic E-state index is 12.3. The van der Waals surface area contributed by atoms with E-state index in [0.29, 0.717) is 22.0 Å². The summed E-state index contributed by atoms with van der Waals surface area (Å²) in [5.74, 6) is -0.605. The average molecular weight is 354 g/mol. The molecule has 2 amide bonds. The van der Waals surface area contributed by atoms with E-state index in [1.807, 2.05) is 26.1 Å². The third kappa shape index (κ3) is 3.70. The second kappa shape index (κ2) is 7.33. The van der Waals surface area contributed by atoms with Crippen molar-refractivity contribution in [3.63, 3.8) is 0 Å². The van der Waals surface area contributed by atoms with Gasteiger partial charge in [0.05, 0.1) is 34.8 Å². The molecular formula is C18H22N6O2. The first-order valence-corrected chi connectivity index (χ1v) is 8.45. The minimum absolute atomic E-state index is 0.0133. The van der Waals surface area contributed by atoms with E-state index in [-0.39, 0.29) is 23.9 Å². The Morgan fingerprint density at radius 2 is 2.27 bits per heavy atom. The minimum Gasteiger partial charge on any atom is -0.399 e. The number of rotatable bonds is 3. The first kappa shape index (κ1) is 17.6. The van der Waals surface area contributed by atoms with Crippen LogP contribution in [0.1, 0.15) is 30.6 Å². The van der Waals surface area contributed by atoms with E-state index in [1.165, 1.54) is 12.3 Å². The van der Waals surface area contributed by atoms with Gasteiger partial charge in [0.2, 0.25) is 0 Å². The van der Waals surface area contributed by atoms with Crippen molar-refractivity contribution < 1.29 is 9.59 Å². The van der Waals surface area contributed by atoms with Crippen molar-refractivity contribution in [2.24, 2.45) is 10.7 Å². The summed E-state index contributed by atoms with van der Waals surface area (Å²) < 4.78 is 0. The van der Waals surface area contributed by atoms with Crippen LogP contribution in [0.3, 0.4) is 0 Å². The fourth-order valence-electron chi connectivity index (χ4n) is 2.85. The lowest BCUT2D eigenvalue weighted by Gasteiger charge is -2.24. The van der Waals surface area contributed by atoms with E-state index >= 15 is 0 Å². The molecule has 0 aromatic carbocycles. The highest BCUT2D eigenvalue weighted by Gasteiger charge is 2.25. The Kier molecular flexibility index (Phi) is 4.95. The number of carbonyl (C=O) groups excluding carboxylic acids is 2. The van der Waals surface area contributed by atoms with Crippen molar-refractivity contribution in [3.8, 4) is 0 Å². The summed E-state index contributed by atoms with van der Waals surface area (Å²) in [7, 11) is 0. The molecule has 1 aromatic rings. The summed E-state index contributed by atoms with van der Waals surface area (Å²) in [4.78, 5) is 31.9. The van der Waals surface area contributed by atoms with Crippen LogP contribution in [0.4, 0.5) is 0 Å². The summed E-state index contributed by atoms with van der Waals surface area (Å²) >= 11 is 0. The zero-order valence-electron chi connectivity index (χ0n) is 14.7. The van der Waals surface area contributed by atoms with Gasteiger partial charge in [-0.1, -0.05) is 6.08 Å². The largest absolute Gasteiger partial charge is 0.399 e. The number of nitrogens with one attached hydrogen (secondary N) is 4. The van der Waals surface area contributed by atoms with Gasteiger partial charge in [-0.3, -0.25) is 9.59 Å². The predicted molar refractivity (Wildman–Crippen MR) is 97.0 cm³/mol. The molecule has 3 rings (SSSR count). The van der Waals surface area contributed by atoms with Crippen molar-refractivity contribution in [2.45, 2.75) is 38.4 Å². The van der Waals surface area contributed by atoms with Crippen molar-refractivity contribution in [3.05, 3.63) is 52.7 Å². The zero-order chi connectivity index (χ0) is 18.7. The van der Waals surface area contributed by atoms with Crippen LogP contribution in [-0.4, -0.2) is 34.9 Å². The Bertz CT molecular complexity index is 925. The number of amides is 2. The van der Waals surface area contributed by atoms with Gasteiger partial charge in [0.25, 0.3) is 11.8 Å². The Morgan fingerprint density at radius 1 is 1.46 bits per heavy atom. The van der Waals surface area contributed by atoms with Gasteiger partial charge in [0, 0.05) is 18.3 Å². The van der Waals surface area contributed by atoms with Crippen LogP contribution in [-0.2, 0) is 4.79 Å². The summed E-state index contributed by atoms with van der Waals surface area (Å²) in [6, 6.07) is -0.450. The van der Waals surface area contributed by atoms with Gasteiger partial charge in [-0.15, -0.1) is 5.73 Å². The molecule has 2 aliphatic rings. The fourth-order valence-corrected chi connectivity index (χ4v) is 2.85. The standard InChI is InChI=1S/C18H22N6O2/c1-10(2)23-18(26)12-8-21-17-11(12)5-6-15(25)24-16(13(19)9-22-17)14-4-3-7-20-14/h3,6-10,14,16,20H,4,19H2,1-2H3,(H,21,22)(H,23,26)(H,24,25)/b13-9-/t5?,14-,16?/m0/s1. The molecular weight excluding hydrogens is 332 g/mol. The maximum atomic E-state index is 12.3. The zero-order valence-corrected chi connectivity index (χ0v) is 14.7. The number of hydrogen-bond donors (Lipinski definition) is 5. The topological polar surface area (TPSA) is 124 Å². The van der Waals surface area contributed by atoms with Gasteiger partial charge in [-0.25, -0.2) is 4.99 Å². The molecule has 1 unspecified atom stereocenters. The summed E-state index contributed by atoms with van der Waals surface area (Å²) in [6.07, 6.45) is 8.88. The lowest BCUT2D eigenvalue weighted by Crippen LogP contribution is -2.49. The molecule has 8 nitrogen and oxygen atoms in total. The quantitative estimate of drug-likeness (QED) is 0.472. The molecule has 2 aliphatic heterocycles. The molecule has 0 saturated carbocycles. The Labute approximate surface area is 150 Å². The van der Waals surface area contributed by atoms with Crippen LogP contribution >= 0.6 is 0 Å². The highest BCUT2D eigenvalue weighted by atomic mass is 16.2. The summed E-state index contributed by atoms with van der Waals surface area (Å²) in [5.41, 5.74) is 10.2. The molecule has 136 valence electrons. The Morgan fingerprint density at radius 3 is 2.96 bits per heavy atom. The third-order valence-corrected chi connectivity index (χ3v) is 4.09. The number of hydrogen-bond acceptors (Lipinski definition) is 5. The van der Waals surface area contributed by atoms with Crippen molar-refractivity contribution >= 4 is 17.5 Å². The molecule has 0 spiro atoms. The Balaban J connectivity index is 2.05. The molecule has 3 heterocycles. The number of fused-ring (bicyclic) bond motifs is 1. The van der Waals surface area contributed by atoms with E-state index in [0.717, 1.165) is 6.42 Å². The highest BCUT2D eigenvalue weighted by molar-refractivity contribution is 5.95. The fraction of sp³-hybridized carbons (Fsp3) is 0.333. The van der Waals surface area contributed by atoms with Gasteiger partial charge in [-0.05, 0) is 26.5 Å². The number of aromatic nitrogens is 1. The van der Waals surface area contributed by atoms with E-state index in [2.05, 4.69) is 31.7 Å². The van der Waals surface area contributed by atoms with E-state index < -0.39 is 6.04 Å². The van der Waals surface area contributed by atoms with Crippen LogP contribution < -0.4 is 32.4 Å². The SMILES string of the molecule is CC(C)NC(=O)c1c[nH]/c2c1=C=CC(=O)NC([C@@H]1CC=CN1)/C(N)=C/N=2. The number of H-pyrrole nitrogens is 1. The third-order valence-electron chi connectivity index (χ3n) is 4.09. The van der Waals surface area contributed by atoms with E-state index in [9.17, 15) is 9.59 Å². The van der Waals surface area contributed by atoms with Crippen molar-refractivity contribution in [1.29, 1.82) is 0 Å². The van der Waals surface area contributed by atoms with Crippen LogP contribution in [0.5, 0.6) is 0 Å². The van der Waals surface area contributed by atoms with Gasteiger partial charge in [0.15, 0.2) is 0 Å². The smallest absolute Gasteiger partial charge is 0.254 e. The van der Waals surface area contributed by atoms with Gasteiger partial charge < -0.3 is 26.7 Å². The second-order valence-corrected chi connectivity index (χ2v) is 6.50. The summed E-state index contributed by atoms with van der Waals surface area (Å²) in [5, 5.41) is 9.25. The summed E-state index contributed by atoms with van der Waals surface area (Å²) in [6.45, 7) is 3.74. The molecule has 2 atom stereocenters. The molecule has 0 saturated heterocycles. The maximum Gasteiger partial charge on any atom is 0.254 e. The van der Waals surface area contributed by atoms with Crippen LogP contribution in [0, 0.1) is 0 Å². The molecule has 26 heavy (non-hydrogen) atoms. The van der Waals surface area contributed by atoms with Crippen molar-refractivity contribution in [1.82, 2.24) is 20.9 Å². The molecule has 1 aromatic heterocycles. The van der Waals surface area contributed by atoms with Crippen LogP contribution in [0.15, 0.2) is 41.4 Å². The van der Waals surface area contributed by atoms with Crippen LogP contribution in [0.25, 0.3) is 5.73 Å². The number of nitrogens with zero attached hydrogens (tertiary/aromatic N) is 1. The predicted octanol–water partition coefficient (Wildman–Crippen LogP) is -1.12. The highest BCUT2D eigenvalue weighted by Crippen LogP contribution is 2.11. The first-order chi connectivity index (χ1) is 12.5.